The van der Waals surface area contributed by atoms with E-state index in [0.717, 1.165) is 35.7 Å². The number of nitrogens with two attached hydrogens (primary N) is 1. The van der Waals surface area contributed by atoms with Gasteiger partial charge >= 0.3 is 0 Å². The Labute approximate surface area is 131 Å². The molecule has 0 saturated heterocycles. The number of aryl methyl sites for hydroxylation is 1. The summed E-state index contributed by atoms with van der Waals surface area (Å²) >= 11 is 0. The van der Waals surface area contributed by atoms with Gasteiger partial charge in [-0.3, -0.25) is 0 Å². The van der Waals surface area contributed by atoms with Gasteiger partial charge in [-0.25, -0.2) is 0 Å². The zero-order valence-corrected chi connectivity index (χ0v) is 13.2. The molecule has 0 amide bonds. The first-order chi connectivity index (χ1) is 10.8. The van der Waals surface area contributed by atoms with Gasteiger partial charge in [-0.15, -0.1) is 0 Å². The van der Waals surface area contributed by atoms with Crippen LogP contribution < -0.4 is 19.9 Å². The first-order valence-corrected chi connectivity index (χ1v) is 7.39. The van der Waals surface area contributed by atoms with E-state index in [4.69, 9.17) is 19.9 Å². The van der Waals surface area contributed by atoms with Crippen LogP contribution in [-0.2, 0) is 13.0 Å². The van der Waals surface area contributed by atoms with E-state index in [-0.39, 0.29) is 0 Å². The SMILES string of the molecule is COc1ccc(OCc2cc(CCCN)ccc2OC)cc1. The lowest BCUT2D eigenvalue weighted by atomic mass is 10.1. The average molecular weight is 301 g/mol. The third-order valence-electron chi connectivity index (χ3n) is 3.47. The highest BCUT2D eigenvalue weighted by Crippen LogP contribution is 2.24. The van der Waals surface area contributed by atoms with E-state index in [1.54, 1.807) is 14.2 Å². The Bertz CT molecular complexity index is 581. The lowest BCUT2D eigenvalue weighted by Gasteiger charge is -2.12. The fourth-order valence-corrected chi connectivity index (χ4v) is 2.24. The van der Waals surface area contributed by atoms with Gasteiger partial charge in [-0.2, -0.15) is 0 Å². The molecule has 0 heterocycles. The molecule has 0 aliphatic rings. The highest BCUT2D eigenvalue weighted by molar-refractivity contribution is 5.38. The van der Waals surface area contributed by atoms with Crippen molar-refractivity contribution < 1.29 is 14.2 Å². The molecule has 0 bridgehead atoms. The molecule has 2 N–H and O–H groups in total. The van der Waals surface area contributed by atoms with Crippen LogP contribution in [0.1, 0.15) is 17.5 Å². The molecule has 0 spiro atoms. The van der Waals surface area contributed by atoms with E-state index in [1.807, 2.05) is 30.3 Å². The second kappa shape index (κ2) is 8.29. The Morgan fingerprint density at radius 3 is 2.27 bits per heavy atom. The first kappa shape index (κ1) is 16.2. The maximum absolute atomic E-state index is 5.83. The molecule has 118 valence electrons. The summed E-state index contributed by atoms with van der Waals surface area (Å²) in [6.45, 7) is 1.16. The van der Waals surface area contributed by atoms with Gasteiger partial charge in [0.1, 0.15) is 23.9 Å². The van der Waals surface area contributed by atoms with Crippen molar-refractivity contribution in [2.24, 2.45) is 5.73 Å². The van der Waals surface area contributed by atoms with Crippen LogP contribution in [0.5, 0.6) is 17.2 Å². The number of benzene rings is 2. The number of hydrogen-bond acceptors (Lipinski definition) is 4. The molecule has 0 unspecified atom stereocenters. The molecule has 22 heavy (non-hydrogen) atoms. The molecule has 0 atom stereocenters. The molecule has 0 aliphatic carbocycles. The predicted octanol–water partition coefficient (Wildman–Crippen LogP) is 3.17. The number of rotatable bonds is 8. The number of hydrogen-bond donors (Lipinski definition) is 1. The highest BCUT2D eigenvalue weighted by atomic mass is 16.5. The Morgan fingerprint density at radius 1 is 0.909 bits per heavy atom. The summed E-state index contributed by atoms with van der Waals surface area (Å²) in [5.41, 5.74) is 7.85. The molecule has 4 nitrogen and oxygen atoms in total. The summed E-state index contributed by atoms with van der Waals surface area (Å²) < 4.78 is 16.4. The van der Waals surface area contributed by atoms with E-state index >= 15 is 0 Å². The molecule has 0 saturated carbocycles. The van der Waals surface area contributed by atoms with Crippen LogP contribution in [0, 0.1) is 0 Å². The van der Waals surface area contributed by atoms with Crippen molar-refractivity contribution in [2.45, 2.75) is 19.4 Å². The molecular formula is C18H23NO3. The van der Waals surface area contributed by atoms with Gasteiger partial charge < -0.3 is 19.9 Å². The summed E-state index contributed by atoms with van der Waals surface area (Å²) in [4.78, 5) is 0. The molecule has 0 fully saturated rings. The molecule has 0 aromatic heterocycles. The monoisotopic (exact) mass is 301 g/mol. The van der Waals surface area contributed by atoms with Crippen molar-refractivity contribution in [1.29, 1.82) is 0 Å². The van der Waals surface area contributed by atoms with E-state index in [2.05, 4.69) is 12.1 Å². The molecule has 2 rings (SSSR count). The van der Waals surface area contributed by atoms with Crippen molar-refractivity contribution in [3.8, 4) is 17.2 Å². The maximum Gasteiger partial charge on any atom is 0.125 e. The Balaban J connectivity index is 2.05. The van der Waals surface area contributed by atoms with Crippen molar-refractivity contribution in [1.82, 2.24) is 0 Å². The third kappa shape index (κ3) is 4.40. The fraction of sp³-hybridized carbons (Fsp3) is 0.333. The van der Waals surface area contributed by atoms with Gasteiger partial charge in [0.05, 0.1) is 14.2 Å². The summed E-state index contributed by atoms with van der Waals surface area (Å²) in [5, 5.41) is 0. The summed E-state index contributed by atoms with van der Waals surface area (Å²) in [6, 6.07) is 13.7. The van der Waals surface area contributed by atoms with Gasteiger partial charge in [-0.1, -0.05) is 6.07 Å². The van der Waals surface area contributed by atoms with Gasteiger partial charge in [0.15, 0.2) is 0 Å². The van der Waals surface area contributed by atoms with E-state index < -0.39 is 0 Å². The van der Waals surface area contributed by atoms with Crippen LogP contribution in [0.4, 0.5) is 0 Å². The molecule has 0 radical (unpaired) electrons. The Kier molecular flexibility index (Phi) is 6.10. The molecule has 2 aromatic rings. The standard InChI is InChI=1S/C18H23NO3/c1-20-16-6-8-17(9-7-16)22-13-15-12-14(4-3-11-19)5-10-18(15)21-2/h5-10,12H,3-4,11,13,19H2,1-2H3. The Hall–Kier alpha value is -2.20. The van der Waals surface area contributed by atoms with Crippen LogP contribution >= 0.6 is 0 Å². The molecular weight excluding hydrogens is 278 g/mol. The van der Waals surface area contributed by atoms with E-state index in [1.165, 1.54) is 5.56 Å². The van der Waals surface area contributed by atoms with E-state index in [0.29, 0.717) is 13.2 Å². The predicted molar refractivity (Wildman–Crippen MR) is 87.7 cm³/mol. The summed E-state index contributed by atoms with van der Waals surface area (Å²) in [6.07, 6.45) is 1.95. The molecule has 0 aliphatic heterocycles. The topological polar surface area (TPSA) is 53.7 Å². The number of ether oxygens (including phenoxy) is 3. The minimum absolute atomic E-state index is 0.464. The first-order valence-electron chi connectivity index (χ1n) is 7.39. The highest BCUT2D eigenvalue weighted by Gasteiger charge is 2.06. The van der Waals surface area contributed by atoms with Crippen LogP contribution in [0.3, 0.4) is 0 Å². The van der Waals surface area contributed by atoms with Crippen molar-refractivity contribution in [3.05, 3.63) is 53.6 Å². The van der Waals surface area contributed by atoms with Gasteiger partial charge in [0, 0.05) is 5.56 Å². The molecule has 4 heteroatoms. The zero-order chi connectivity index (χ0) is 15.8. The quantitative estimate of drug-likeness (QED) is 0.813. The largest absolute Gasteiger partial charge is 0.497 e. The second-order valence-corrected chi connectivity index (χ2v) is 5.00. The van der Waals surface area contributed by atoms with Crippen LogP contribution in [-0.4, -0.2) is 20.8 Å². The maximum atomic E-state index is 5.83. The Morgan fingerprint density at radius 2 is 1.64 bits per heavy atom. The third-order valence-corrected chi connectivity index (χ3v) is 3.47. The smallest absolute Gasteiger partial charge is 0.125 e. The fourth-order valence-electron chi connectivity index (χ4n) is 2.24. The van der Waals surface area contributed by atoms with E-state index in [9.17, 15) is 0 Å². The lowest BCUT2D eigenvalue weighted by molar-refractivity contribution is 0.296. The van der Waals surface area contributed by atoms with Crippen molar-refractivity contribution >= 4 is 0 Å². The zero-order valence-electron chi connectivity index (χ0n) is 13.2. The van der Waals surface area contributed by atoms with Gasteiger partial charge in [0.2, 0.25) is 0 Å². The second-order valence-electron chi connectivity index (χ2n) is 5.00. The minimum atomic E-state index is 0.464. The average Bonchev–Trinajstić information content (AvgIpc) is 2.58. The minimum Gasteiger partial charge on any atom is -0.497 e. The lowest BCUT2D eigenvalue weighted by Crippen LogP contribution is -2.03. The van der Waals surface area contributed by atoms with Crippen LogP contribution in [0.2, 0.25) is 0 Å². The molecule has 2 aromatic carbocycles. The van der Waals surface area contributed by atoms with Crippen LogP contribution in [0.15, 0.2) is 42.5 Å². The van der Waals surface area contributed by atoms with Gasteiger partial charge in [0.25, 0.3) is 0 Å². The number of methoxy groups -OCH3 is 2. The van der Waals surface area contributed by atoms with Crippen molar-refractivity contribution in [2.75, 3.05) is 20.8 Å². The van der Waals surface area contributed by atoms with Crippen molar-refractivity contribution in [3.63, 3.8) is 0 Å². The normalized spacial score (nSPS) is 10.3. The summed E-state index contributed by atoms with van der Waals surface area (Å²) in [5.74, 6) is 2.45. The van der Waals surface area contributed by atoms with Crippen LogP contribution in [0.25, 0.3) is 0 Å². The summed E-state index contributed by atoms with van der Waals surface area (Å²) in [7, 11) is 3.32. The van der Waals surface area contributed by atoms with Gasteiger partial charge in [-0.05, 0) is 61.3 Å².